The molecule has 4 rings (SSSR count). The minimum Gasteiger partial charge on any atom is -0.387 e. The minimum atomic E-state index is -1.21. The Morgan fingerprint density at radius 2 is 2.14 bits per heavy atom. The summed E-state index contributed by atoms with van der Waals surface area (Å²) in [6.45, 7) is 3.64. The summed E-state index contributed by atoms with van der Waals surface area (Å²) in [5.74, 6) is 0.576. The number of fused-ring (bicyclic) bond motifs is 1. The smallest absolute Gasteiger partial charge is 0.314 e. The predicted octanol–water partition coefficient (Wildman–Crippen LogP) is -1.03. The van der Waals surface area contributed by atoms with Crippen LogP contribution in [0.3, 0.4) is 0 Å². The molecule has 12 heteroatoms. The number of imidazole rings is 1. The molecule has 2 aromatic rings. The summed E-state index contributed by atoms with van der Waals surface area (Å²) in [4.78, 5) is 24.5. The highest BCUT2D eigenvalue weighted by Gasteiger charge is 2.44. The normalized spacial score (nSPS) is 29.3. The molecule has 5 atom stereocenters. The maximum atomic E-state index is 11.6. The molecule has 12 nitrogen and oxygen atoms in total. The van der Waals surface area contributed by atoms with Crippen LogP contribution in [0.15, 0.2) is 12.7 Å². The van der Waals surface area contributed by atoms with Crippen LogP contribution in [-0.4, -0.2) is 86.4 Å². The van der Waals surface area contributed by atoms with E-state index < -0.39 is 24.5 Å². The first kappa shape index (κ1) is 19.8. The molecule has 2 aliphatic rings. The zero-order valence-electron chi connectivity index (χ0n) is 16.0. The summed E-state index contributed by atoms with van der Waals surface area (Å²) in [7, 11) is 0. The number of aliphatic hydroxyl groups excluding tert-OH is 2. The summed E-state index contributed by atoms with van der Waals surface area (Å²) >= 11 is 0. The summed E-state index contributed by atoms with van der Waals surface area (Å²) in [5.41, 5.74) is 1.00. The molecule has 29 heavy (non-hydrogen) atoms. The van der Waals surface area contributed by atoms with Crippen LogP contribution >= 0.6 is 0 Å². The Labute approximate surface area is 166 Å². The molecule has 0 spiro atoms. The maximum Gasteiger partial charge on any atom is 0.314 e. The SMILES string of the molecule is CCNC(=O)NC[C@H]1O[C@@H](n2cnc3c(N[C@@H]4CCOC4)ncnc32)[C@H](O)[C@@H]1O. The lowest BCUT2D eigenvalue weighted by molar-refractivity contribution is -0.0335. The predicted molar refractivity (Wildman–Crippen MR) is 101 cm³/mol. The largest absolute Gasteiger partial charge is 0.387 e. The average molecular weight is 407 g/mol. The van der Waals surface area contributed by atoms with Gasteiger partial charge in [-0.1, -0.05) is 0 Å². The van der Waals surface area contributed by atoms with E-state index in [2.05, 4.69) is 30.9 Å². The van der Waals surface area contributed by atoms with Gasteiger partial charge in [0.25, 0.3) is 0 Å². The molecule has 0 saturated carbocycles. The van der Waals surface area contributed by atoms with Gasteiger partial charge in [0.05, 0.1) is 19.0 Å². The molecule has 158 valence electrons. The highest BCUT2D eigenvalue weighted by atomic mass is 16.6. The van der Waals surface area contributed by atoms with Crippen molar-refractivity contribution in [3.8, 4) is 0 Å². The monoisotopic (exact) mass is 407 g/mol. The molecule has 0 radical (unpaired) electrons. The van der Waals surface area contributed by atoms with E-state index in [1.165, 1.54) is 12.7 Å². The second kappa shape index (κ2) is 8.45. The molecule has 5 N–H and O–H groups in total. The molecule has 0 bridgehead atoms. The minimum absolute atomic E-state index is 0.0522. The van der Waals surface area contributed by atoms with Crippen LogP contribution in [0.5, 0.6) is 0 Å². The van der Waals surface area contributed by atoms with Gasteiger partial charge in [-0.3, -0.25) is 4.57 Å². The number of anilines is 1. The summed E-state index contributed by atoms with van der Waals surface area (Å²) in [5, 5.41) is 29.4. The third-order valence-electron chi connectivity index (χ3n) is 5.04. The zero-order valence-corrected chi connectivity index (χ0v) is 16.0. The number of hydrogen-bond acceptors (Lipinski definition) is 9. The lowest BCUT2D eigenvalue weighted by atomic mass is 10.1. The molecule has 0 aliphatic carbocycles. The number of carbonyl (C=O) groups is 1. The van der Waals surface area contributed by atoms with E-state index in [0.29, 0.717) is 36.7 Å². The van der Waals surface area contributed by atoms with Gasteiger partial charge in [-0.05, 0) is 13.3 Å². The maximum absolute atomic E-state index is 11.6. The lowest BCUT2D eigenvalue weighted by Crippen LogP contribution is -2.43. The van der Waals surface area contributed by atoms with Crippen molar-refractivity contribution < 1.29 is 24.5 Å². The van der Waals surface area contributed by atoms with Crippen molar-refractivity contribution in [2.45, 2.75) is 43.9 Å². The van der Waals surface area contributed by atoms with E-state index in [1.54, 1.807) is 11.5 Å². The molecule has 2 fully saturated rings. The van der Waals surface area contributed by atoms with Gasteiger partial charge in [0.1, 0.15) is 24.6 Å². The van der Waals surface area contributed by atoms with Crippen molar-refractivity contribution >= 4 is 23.0 Å². The Morgan fingerprint density at radius 1 is 1.28 bits per heavy atom. The average Bonchev–Trinajstić information content (AvgIpc) is 3.43. The number of carbonyl (C=O) groups excluding carboxylic acids is 1. The lowest BCUT2D eigenvalue weighted by Gasteiger charge is -2.17. The van der Waals surface area contributed by atoms with Gasteiger partial charge >= 0.3 is 6.03 Å². The Morgan fingerprint density at radius 3 is 2.90 bits per heavy atom. The first-order valence-corrected chi connectivity index (χ1v) is 9.63. The van der Waals surface area contributed by atoms with Gasteiger partial charge in [-0.2, -0.15) is 0 Å². The van der Waals surface area contributed by atoms with E-state index >= 15 is 0 Å². The van der Waals surface area contributed by atoms with Crippen LogP contribution in [0.4, 0.5) is 10.6 Å². The van der Waals surface area contributed by atoms with E-state index in [1.807, 2.05) is 0 Å². The first-order valence-electron chi connectivity index (χ1n) is 9.63. The van der Waals surface area contributed by atoms with Crippen molar-refractivity contribution in [1.82, 2.24) is 30.2 Å². The van der Waals surface area contributed by atoms with Gasteiger partial charge in [-0.15, -0.1) is 0 Å². The van der Waals surface area contributed by atoms with Crippen LogP contribution in [0.25, 0.3) is 11.2 Å². The summed E-state index contributed by atoms with van der Waals surface area (Å²) < 4.78 is 12.8. The Kier molecular flexibility index (Phi) is 5.76. The second-order valence-corrected chi connectivity index (χ2v) is 7.04. The summed E-state index contributed by atoms with van der Waals surface area (Å²) in [6.07, 6.45) is -0.264. The van der Waals surface area contributed by atoms with Gasteiger partial charge in [0.15, 0.2) is 23.2 Å². The molecule has 0 aromatic carbocycles. The fraction of sp³-hybridized carbons (Fsp3) is 0.647. The van der Waals surface area contributed by atoms with Crippen molar-refractivity contribution in [3.63, 3.8) is 0 Å². The number of ether oxygens (including phenoxy) is 2. The third kappa shape index (κ3) is 3.96. The molecule has 2 amide bonds. The molecule has 4 heterocycles. The van der Waals surface area contributed by atoms with Crippen molar-refractivity contribution in [2.24, 2.45) is 0 Å². The van der Waals surface area contributed by atoms with Crippen molar-refractivity contribution in [1.29, 1.82) is 0 Å². The number of aliphatic hydroxyl groups is 2. The standard InChI is InChI=1S/C17H25N7O5/c1-2-18-17(27)19-5-10-12(25)13(26)16(29-10)24-8-22-11-14(20-7-21-15(11)24)23-9-3-4-28-6-9/h7-10,12-13,16,25-26H,2-6H2,1H3,(H2,18,19,27)(H,20,21,23)/t9-,10-,12-,13-,16-/m1/s1. The van der Waals surface area contributed by atoms with Gasteiger partial charge in [-0.25, -0.2) is 19.7 Å². The third-order valence-corrected chi connectivity index (χ3v) is 5.04. The highest BCUT2D eigenvalue weighted by molar-refractivity contribution is 5.82. The number of urea groups is 1. The number of hydrogen-bond donors (Lipinski definition) is 5. The van der Waals surface area contributed by atoms with Crippen LogP contribution in [0.2, 0.25) is 0 Å². The number of amides is 2. The van der Waals surface area contributed by atoms with Crippen LogP contribution in [0, 0.1) is 0 Å². The number of rotatable bonds is 6. The number of aromatic nitrogens is 4. The topological polar surface area (TPSA) is 156 Å². The molecular weight excluding hydrogens is 382 g/mol. The first-order chi connectivity index (χ1) is 14.1. The Hall–Kier alpha value is -2.54. The molecule has 2 saturated heterocycles. The molecule has 2 aliphatic heterocycles. The molecular formula is C17H25N7O5. The fourth-order valence-corrected chi connectivity index (χ4v) is 3.53. The Bertz CT molecular complexity index is 856. The van der Waals surface area contributed by atoms with E-state index in [4.69, 9.17) is 9.47 Å². The second-order valence-electron chi connectivity index (χ2n) is 7.04. The quantitative estimate of drug-likeness (QED) is 0.404. The molecule has 2 aromatic heterocycles. The number of nitrogens with zero attached hydrogens (tertiary/aromatic N) is 4. The fourth-order valence-electron chi connectivity index (χ4n) is 3.53. The number of nitrogens with one attached hydrogen (secondary N) is 3. The molecule has 0 unspecified atom stereocenters. The highest BCUT2D eigenvalue weighted by Crippen LogP contribution is 2.32. The van der Waals surface area contributed by atoms with E-state index in [-0.39, 0.29) is 18.6 Å². The van der Waals surface area contributed by atoms with Crippen LogP contribution in [0.1, 0.15) is 19.6 Å². The van der Waals surface area contributed by atoms with Gasteiger partial charge < -0.3 is 35.6 Å². The van der Waals surface area contributed by atoms with Crippen LogP contribution < -0.4 is 16.0 Å². The van der Waals surface area contributed by atoms with Gasteiger partial charge in [0.2, 0.25) is 0 Å². The van der Waals surface area contributed by atoms with Crippen molar-refractivity contribution in [3.05, 3.63) is 12.7 Å². The zero-order chi connectivity index (χ0) is 20.4. The van der Waals surface area contributed by atoms with Crippen molar-refractivity contribution in [2.75, 3.05) is 31.6 Å². The van der Waals surface area contributed by atoms with E-state index in [0.717, 1.165) is 6.42 Å². The van der Waals surface area contributed by atoms with Crippen LogP contribution in [-0.2, 0) is 9.47 Å². The Balaban J connectivity index is 1.51. The van der Waals surface area contributed by atoms with E-state index in [9.17, 15) is 15.0 Å². The van der Waals surface area contributed by atoms with Gasteiger partial charge in [0, 0.05) is 19.7 Å². The summed E-state index contributed by atoms with van der Waals surface area (Å²) in [6, 6.07) is -0.216.